The molecule has 116 valence electrons. The Morgan fingerprint density at radius 2 is 1.80 bits per heavy atom. The monoisotopic (exact) mass is 280 g/mol. The second-order valence-corrected chi connectivity index (χ2v) is 6.68. The van der Waals surface area contributed by atoms with Gasteiger partial charge in [0.1, 0.15) is 0 Å². The second-order valence-electron chi connectivity index (χ2n) is 6.68. The third kappa shape index (κ3) is 5.78. The predicted molar refractivity (Wildman–Crippen MR) is 84.7 cm³/mol. The number of carbonyl (C=O) groups excluding carboxylic acids is 1. The molecule has 0 aromatic rings. The zero-order valence-electron chi connectivity index (χ0n) is 13.6. The second kappa shape index (κ2) is 8.61. The molecule has 0 amide bonds. The Hall–Kier alpha value is -0.630. The molecule has 20 heavy (non-hydrogen) atoms. The minimum Gasteiger partial charge on any atom is -0.390 e. The van der Waals surface area contributed by atoms with Crippen molar-refractivity contribution in [3.05, 3.63) is 11.6 Å². The maximum atomic E-state index is 11.7. The molecule has 1 aliphatic rings. The summed E-state index contributed by atoms with van der Waals surface area (Å²) in [6, 6.07) is 0. The number of Topliss-reactive ketones (excluding diaryl/α,β-unsaturated/α-hetero) is 1. The number of ketones is 1. The van der Waals surface area contributed by atoms with Crippen LogP contribution < -0.4 is 0 Å². The quantitative estimate of drug-likeness (QED) is 0.616. The van der Waals surface area contributed by atoms with Crippen LogP contribution in [0.15, 0.2) is 11.6 Å². The molecule has 0 radical (unpaired) electrons. The van der Waals surface area contributed by atoms with Crippen LogP contribution in [0.1, 0.15) is 85.0 Å². The van der Waals surface area contributed by atoms with Crippen LogP contribution in [0, 0.1) is 5.92 Å². The van der Waals surface area contributed by atoms with E-state index in [2.05, 4.69) is 6.92 Å². The normalized spacial score (nSPS) is 22.5. The zero-order valence-corrected chi connectivity index (χ0v) is 13.6. The minimum absolute atomic E-state index is 0.110. The molecule has 0 saturated heterocycles. The SMILES string of the molecule is CCCCCCCCCC(C)(O)[C@@H]1CC=C(C)C(=O)C1. The fourth-order valence-corrected chi connectivity index (χ4v) is 3.02. The van der Waals surface area contributed by atoms with Crippen LogP contribution in [0.25, 0.3) is 0 Å². The number of allylic oxidation sites excluding steroid dienone is 2. The van der Waals surface area contributed by atoms with Gasteiger partial charge in [-0.3, -0.25) is 4.79 Å². The van der Waals surface area contributed by atoms with Gasteiger partial charge in [0.25, 0.3) is 0 Å². The maximum Gasteiger partial charge on any atom is 0.158 e. The van der Waals surface area contributed by atoms with E-state index in [1.165, 1.54) is 38.5 Å². The van der Waals surface area contributed by atoms with Gasteiger partial charge in [0.05, 0.1) is 5.60 Å². The third-order valence-electron chi connectivity index (χ3n) is 4.75. The molecule has 0 spiro atoms. The molecule has 2 atom stereocenters. The lowest BCUT2D eigenvalue weighted by molar-refractivity contribution is -0.120. The minimum atomic E-state index is -0.684. The lowest BCUT2D eigenvalue weighted by Gasteiger charge is -2.34. The van der Waals surface area contributed by atoms with Crippen LogP contribution in [-0.4, -0.2) is 16.5 Å². The Morgan fingerprint density at radius 1 is 1.20 bits per heavy atom. The fraction of sp³-hybridized carbons (Fsp3) is 0.833. The highest BCUT2D eigenvalue weighted by molar-refractivity contribution is 5.95. The van der Waals surface area contributed by atoms with E-state index in [1.54, 1.807) is 0 Å². The fourth-order valence-electron chi connectivity index (χ4n) is 3.02. The molecule has 0 aromatic heterocycles. The van der Waals surface area contributed by atoms with Gasteiger partial charge in [0.2, 0.25) is 0 Å². The van der Waals surface area contributed by atoms with Crippen LogP contribution >= 0.6 is 0 Å². The van der Waals surface area contributed by atoms with Gasteiger partial charge in [-0.1, -0.05) is 57.9 Å². The van der Waals surface area contributed by atoms with Crippen molar-refractivity contribution in [3.8, 4) is 0 Å². The topological polar surface area (TPSA) is 37.3 Å². The van der Waals surface area contributed by atoms with Gasteiger partial charge in [-0.25, -0.2) is 0 Å². The zero-order chi connectivity index (χ0) is 15.0. The summed E-state index contributed by atoms with van der Waals surface area (Å²) in [5.74, 6) is 0.319. The van der Waals surface area contributed by atoms with E-state index >= 15 is 0 Å². The number of hydrogen-bond donors (Lipinski definition) is 1. The summed E-state index contributed by atoms with van der Waals surface area (Å²) in [4.78, 5) is 11.7. The molecule has 2 heteroatoms. The summed E-state index contributed by atoms with van der Waals surface area (Å²) in [7, 11) is 0. The van der Waals surface area contributed by atoms with E-state index in [0.29, 0.717) is 6.42 Å². The molecule has 1 rings (SSSR count). The molecule has 1 aliphatic carbocycles. The van der Waals surface area contributed by atoms with Crippen molar-refractivity contribution in [1.82, 2.24) is 0 Å². The summed E-state index contributed by atoms with van der Waals surface area (Å²) >= 11 is 0. The molecule has 2 nitrogen and oxygen atoms in total. The first-order valence-corrected chi connectivity index (χ1v) is 8.39. The van der Waals surface area contributed by atoms with Crippen molar-refractivity contribution in [2.45, 2.75) is 90.6 Å². The molecule has 0 heterocycles. The molecule has 0 saturated carbocycles. The van der Waals surface area contributed by atoms with Gasteiger partial charge >= 0.3 is 0 Å². The van der Waals surface area contributed by atoms with Crippen LogP contribution in [0.2, 0.25) is 0 Å². The summed E-state index contributed by atoms with van der Waals surface area (Å²) in [6.45, 7) is 6.03. The van der Waals surface area contributed by atoms with Crippen LogP contribution in [-0.2, 0) is 4.79 Å². The number of carbonyl (C=O) groups is 1. The highest BCUT2D eigenvalue weighted by Crippen LogP contribution is 2.33. The van der Waals surface area contributed by atoms with E-state index in [0.717, 1.165) is 24.8 Å². The molecular formula is C18H32O2. The lowest BCUT2D eigenvalue weighted by atomic mass is 9.76. The van der Waals surface area contributed by atoms with Crippen LogP contribution in [0.5, 0.6) is 0 Å². The van der Waals surface area contributed by atoms with Gasteiger partial charge in [0.15, 0.2) is 5.78 Å². The predicted octanol–water partition coefficient (Wildman–Crippen LogP) is 4.80. The highest BCUT2D eigenvalue weighted by atomic mass is 16.3. The number of hydrogen-bond acceptors (Lipinski definition) is 2. The largest absolute Gasteiger partial charge is 0.390 e. The van der Waals surface area contributed by atoms with Crippen LogP contribution in [0.3, 0.4) is 0 Å². The van der Waals surface area contributed by atoms with Gasteiger partial charge in [0, 0.05) is 6.42 Å². The Morgan fingerprint density at radius 3 is 2.40 bits per heavy atom. The summed E-state index contributed by atoms with van der Waals surface area (Å²) in [6.07, 6.45) is 13.0. The average Bonchev–Trinajstić information content (AvgIpc) is 2.40. The molecular weight excluding hydrogens is 248 g/mol. The van der Waals surface area contributed by atoms with Crippen molar-refractivity contribution in [1.29, 1.82) is 0 Å². The number of aliphatic hydroxyl groups is 1. The Labute approximate surface area is 124 Å². The summed E-state index contributed by atoms with van der Waals surface area (Å²) in [5.41, 5.74) is 0.184. The summed E-state index contributed by atoms with van der Waals surface area (Å²) in [5, 5.41) is 10.6. The van der Waals surface area contributed by atoms with Gasteiger partial charge < -0.3 is 5.11 Å². The maximum absolute atomic E-state index is 11.7. The molecule has 1 unspecified atom stereocenters. The number of rotatable bonds is 9. The van der Waals surface area contributed by atoms with E-state index in [9.17, 15) is 9.90 Å². The Bertz CT molecular complexity index is 328. The first-order valence-electron chi connectivity index (χ1n) is 8.39. The van der Waals surface area contributed by atoms with E-state index < -0.39 is 5.60 Å². The highest BCUT2D eigenvalue weighted by Gasteiger charge is 2.34. The average molecular weight is 280 g/mol. The van der Waals surface area contributed by atoms with Crippen molar-refractivity contribution >= 4 is 5.78 Å². The van der Waals surface area contributed by atoms with E-state index in [4.69, 9.17) is 0 Å². The molecule has 1 N–H and O–H groups in total. The Balaban J connectivity index is 2.23. The molecule has 0 bridgehead atoms. The van der Waals surface area contributed by atoms with Crippen molar-refractivity contribution in [2.24, 2.45) is 5.92 Å². The first kappa shape index (κ1) is 17.4. The van der Waals surface area contributed by atoms with E-state index in [-0.39, 0.29) is 11.7 Å². The van der Waals surface area contributed by atoms with Crippen molar-refractivity contribution in [3.63, 3.8) is 0 Å². The molecule has 0 aromatic carbocycles. The number of unbranched alkanes of at least 4 members (excludes halogenated alkanes) is 6. The first-order chi connectivity index (χ1) is 9.47. The summed E-state index contributed by atoms with van der Waals surface area (Å²) < 4.78 is 0. The van der Waals surface area contributed by atoms with Crippen molar-refractivity contribution < 1.29 is 9.90 Å². The van der Waals surface area contributed by atoms with Gasteiger partial charge in [-0.2, -0.15) is 0 Å². The standard InChI is InChI=1S/C18H32O2/c1-4-5-6-7-8-9-10-13-18(3,20)16-12-11-15(2)17(19)14-16/h11,16,20H,4-10,12-14H2,1-3H3/t16-,18?/m1/s1. The third-order valence-corrected chi connectivity index (χ3v) is 4.75. The molecule has 0 fully saturated rings. The smallest absolute Gasteiger partial charge is 0.158 e. The lowest BCUT2D eigenvalue weighted by Crippen LogP contribution is -2.37. The Kier molecular flexibility index (Phi) is 7.50. The van der Waals surface area contributed by atoms with Gasteiger partial charge in [-0.05, 0) is 38.2 Å². The van der Waals surface area contributed by atoms with Crippen molar-refractivity contribution in [2.75, 3.05) is 0 Å². The van der Waals surface area contributed by atoms with Crippen LogP contribution in [0.4, 0.5) is 0 Å². The molecule has 0 aliphatic heterocycles. The van der Waals surface area contributed by atoms with E-state index in [1.807, 2.05) is 19.9 Å². The van der Waals surface area contributed by atoms with Gasteiger partial charge in [-0.15, -0.1) is 0 Å².